The van der Waals surface area contributed by atoms with Crippen molar-refractivity contribution in [2.75, 3.05) is 18.8 Å². The molecule has 1 atom stereocenters. The molecule has 4 nitrogen and oxygen atoms in total. The first kappa shape index (κ1) is 13.5. The number of anilines is 1. The number of nitrogens with zero attached hydrogens (tertiary/aromatic N) is 1. The highest BCUT2D eigenvalue weighted by molar-refractivity contribution is 6.44. The summed E-state index contributed by atoms with van der Waals surface area (Å²) in [5.74, 6) is -0.257. The van der Waals surface area contributed by atoms with Crippen LogP contribution in [-0.4, -0.2) is 34.6 Å². The van der Waals surface area contributed by atoms with E-state index in [0.29, 0.717) is 18.7 Å². The van der Waals surface area contributed by atoms with Crippen LogP contribution in [0, 0.1) is 0 Å². The van der Waals surface area contributed by atoms with E-state index in [-0.39, 0.29) is 28.1 Å². The topological polar surface area (TPSA) is 66.6 Å². The first-order chi connectivity index (χ1) is 8.30. The van der Waals surface area contributed by atoms with E-state index in [1.807, 2.05) is 0 Å². The van der Waals surface area contributed by atoms with E-state index in [2.05, 4.69) is 0 Å². The number of aliphatic hydroxyl groups is 1. The monoisotopic (exact) mass is 288 g/mol. The summed E-state index contributed by atoms with van der Waals surface area (Å²) in [6, 6.07) is 3.00. The summed E-state index contributed by atoms with van der Waals surface area (Å²) in [6.07, 6.45) is 0.548. The Morgan fingerprint density at radius 2 is 2.17 bits per heavy atom. The molecule has 1 aromatic rings. The van der Waals surface area contributed by atoms with Gasteiger partial charge in [-0.2, -0.15) is 0 Å². The number of carbonyl (C=O) groups excluding carboxylic acids is 1. The standard InChI is InChI=1S/C12H14Cl2N2O2/c1-12(18)2-3-16(6-12)11(17)8-4-7(15)5-9(13)10(8)14/h4-5,18H,2-3,6,15H2,1H3. The number of halogens is 2. The van der Waals surface area contributed by atoms with Crippen LogP contribution in [0.2, 0.25) is 10.0 Å². The van der Waals surface area contributed by atoms with Gasteiger partial charge in [-0.3, -0.25) is 4.79 Å². The molecule has 2 rings (SSSR count). The molecular weight excluding hydrogens is 275 g/mol. The molecular formula is C12H14Cl2N2O2. The van der Waals surface area contributed by atoms with Gasteiger partial charge in [-0.15, -0.1) is 0 Å². The van der Waals surface area contributed by atoms with Crippen molar-refractivity contribution in [3.63, 3.8) is 0 Å². The molecule has 98 valence electrons. The van der Waals surface area contributed by atoms with Crippen molar-refractivity contribution >= 4 is 34.8 Å². The number of nitrogens with two attached hydrogens (primary N) is 1. The maximum Gasteiger partial charge on any atom is 0.255 e. The molecule has 18 heavy (non-hydrogen) atoms. The van der Waals surface area contributed by atoms with Crippen LogP contribution >= 0.6 is 23.2 Å². The highest BCUT2D eigenvalue weighted by atomic mass is 35.5. The van der Waals surface area contributed by atoms with Gasteiger partial charge in [0.2, 0.25) is 0 Å². The molecule has 3 N–H and O–H groups in total. The molecule has 1 heterocycles. The number of amides is 1. The third-order valence-corrected chi connectivity index (χ3v) is 3.82. The summed E-state index contributed by atoms with van der Waals surface area (Å²) >= 11 is 11.9. The molecule has 6 heteroatoms. The summed E-state index contributed by atoms with van der Waals surface area (Å²) in [7, 11) is 0. The predicted octanol–water partition coefficient (Wildman–Crippen LogP) is 2.17. The van der Waals surface area contributed by atoms with Gasteiger partial charge in [0.05, 0.1) is 21.2 Å². The van der Waals surface area contributed by atoms with Crippen molar-refractivity contribution in [1.29, 1.82) is 0 Å². The Morgan fingerprint density at radius 1 is 1.50 bits per heavy atom. The predicted molar refractivity (Wildman–Crippen MR) is 72.0 cm³/mol. The van der Waals surface area contributed by atoms with Crippen LogP contribution < -0.4 is 5.73 Å². The zero-order valence-electron chi connectivity index (χ0n) is 9.91. The number of benzene rings is 1. The maximum atomic E-state index is 12.3. The molecule has 0 aliphatic carbocycles. The van der Waals surface area contributed by atoms with Gasteiger partial charge < -0.3 is 15.7 Å². The molecule has 1 unspecified atom stereocenters. The molecule has 0 bridgehead atoms. The Morgan fingerprint density at radius 3 is 2.72 bits per heavy atom. The van der Waals surface area contributed by atoms with Gasteiger partial charge in [0, 0.05) is 18.8 Å². The SMILES string of the molecule is CC1(O)CCN(C(=O)c2cc(N)cc(Cl)c2Cl)C1. The molecule has 1 aliphatic heterocycles. The van der Waals surface area contributed by atoms with E-state index in [1.54, 1.807) is 11.8 Å². The van der Waals surface area contributed by atoms with Crippen LogP contribution in [0.4, 0.5) is 5.69 Å². The number of carbonyl (C=O) groups is 1. The first-order valence-corrected chi connectivity index (χ1v) is 6.32. The van der Waals surface area contributed by atoms with Gasteiger partial charge in [-0.1, -0.05) is 23.2 Å². The fourth-order valence-electron chi connectivity index (χ4n) is 2.05. The van der Waals surface area contributed by atoms with E-state index in [1.165, 1.54) is 12.1 Å². The Labute approximate surface area is 115 Å². The van der Waals surface area contributed by atoms with E-state index in [0.717, 1.165) is 0 Å². The van der Waals surface area contributed by atoms with Crippen LogP contribution in [0.5, 0.6) is 0 Å². The molecule has 1 amide bonds. The van der Waals surface area contributed by atoms with Crippen molar-refractivity contribution < 1.29 is 9.90 Å². The molecule has 0 radical (unpaired) electrons. The van der Waals surface area contributed by atoms with Gasteiger partial charge in [-0.25, -0.2) is 0 Å². The Kier molecular flexibility index (Phi) is 3.45. The molecule has 0 saturated carbocycles. The van der Waals surface area contributed by atoms with Gasteiger partial charge in [0.1, 0.15) is 0 Å². The van der Waals surface area contributed by atoms with E-state index < -0.39 is 5.60 Å². The molecule has 1 saturated heterocycles. The second-order valence-electron chi connectivity index (χ2n) is 4.84. The molecule has 0 spiro atoms. The van der Waals surface area contributed by atoms with Gasteiger partial charge in [0.15, 0.2) is 0 Å². The normalized spacial score (nSPS) is 23.4. The third kappa shape index (κ3) is 2.55. The summed E-state index contributed by atoms with van der Waals surface area (Å²) in [6.45, 7) is 2.48. The summed E-state index contributed by atoms with van der Waals surface area (Å²) in [4.78, 5) is 13.8. The number of hydrogen-bond acceptors (Lipinski definition) is 3. The minimum atomic E-state index is -0.841. The lowest BCUT2D eigenvalue weighted by molar-refractivity contribution is 0.0572. The number of β-amino-alcohol motifs (C(OH)–C–C–N with tert-alkyl or cyclic N) is 1. The average molecular weight is 289 g/mol. The quantitative estimate of drug-likeness (QED) is 0.779. The highest BCUT2D eigenvalue weighted by Gasteiger charge is 2.35. The number of rotatable bonds is 1. The third-order valence-electron chi connectivity index (χ3n) is 3.02. The smallest absolute Gasteiger partial charge is 0.255 e. The second-order valence-corrected chi connectivity index (χ2v) is 5.62. The molecule has 1 aromatic carbocycles. The second kappa shape index (κ2) is 4.61. The van der Waals surface area contributed by atoms with Crippen molar-refractivity contribution in [1.82, 2.24) is 4.90 Å². The minimum Gasteiger partial charge on any atom is -0.399 e. The first-order valence-electron chi connectivity index (χ1n) is 5.56. The van der Waals surface area contributed by atoms with E-state index in [4.69, 9.17) is 28.9 Å². The van der Waals surface area contributed by atoms with Gasteiger partial charge in [-0.05, 0) is 25.5 Å². The molecule has 1 aliphatic rings. The molecule has 0 aromatic heterocycles. The van der Waals surface area contributed by atoms with Crippen LogP contribution in [0.15, 0.2) is 12.1 Å². The largest absolute Gasteiger partial charge is 0.399 e. The van der Waals surface area contributed by atoms with E-state index >= 15 is 0 Å². The van der Waals surface area contributed by atoms with Crippen LogP contribution in [0.25, 0.3) is 0 Å². The summed E-state index contributed by atoms with van der Waals surface area (Å²) in [5, 5.41) is 10.3. The summed E-state index contributed by atoms with van der Waals surface area (Å²) in [5.41, 5.74) is 5.48. The van der Waals surface area contributed by atoms with Crippen molar-refractivity contribution in [3.8, 4) is 0 Å². The fraction of sp³-hybridized carbons (Fsp3) is 0.417. The van der Waals surface area contributed by atoms with E-state index in [9.17, 15) is 9.90 Å². The van der Waals surface area contributed by atoms with Crippen LogP contribution in [-0.2, 0) is 0 Å². The van der Waals surface area contributed by atoms with Crippen LogP contribution in [0.1, 0.15) is 23.7 Å². The number of nitrogen functional groups attached to an aromatic ring is 1. The minimum absolute atomic E-state index is 0.197. The van der Waals surface area contributed by atoms with Crippen LogP contribution in [0.3, 0.4) is 0 Å². The Bertz CT molecular complexity index is 503. The highest BCUT2D eigenvalue weighted by Crippen LogP contribution is 2.31. The zero-order chi connectivity index (χ0) is 13.5. The number of likely N-dealkylation sites (tertiary alicyclic amines) is 1. The van der Waals surface area contributed by atoms with Gasteiger partial charge in [0.25, 0.3) is 5.91 Å². The lowest BCUT2D eigenvalue weighted by Gasteiger charge is -2.20. The lowest BCUT2D eigenvalue weighted by atomic mass is 10.1. The van der Waals surface area contributed by atoms with Crippen molar-refractivity contribution in [2.24, 2.45) is 0 Å². The maximum absolute atomic E-state index is 12.3. The Balaban J connectivity index is 2.30. The zero-order valence-corrected chi connectivity index (χ0v) is 11.4. The fourth-order valence-corrected chi connectivity index (χ4v) is 2.47. The average Bonchev–Trinajstić information content (AvgIpc) is 2.63. The van der Waals surface area contributed by atoms with Crippen molar-refractivity contribution in [2.45, 2.75) is 18.9 Å². The summed E-state index contributed by atoms with van der Waals surface area (Å²) < 4.78 is 0. The van der Waals surface area contributed by atoms with Gasteiger partial charge >= 0.3 is 0 Å². The lowest BCUT2D eigenvalue weighted by Crippen LogP contribution is -2.34. The Hall–Kier alpha value is -0.970. The van der Waals surface area contributed by atoms with Crippen molar-refractivity contribution in [3.05, 3.63) is 27.7 Å². The molecule has 1 fully saturated rings. The number of hydrogen-bond donors (Lipinski definition) is 2.